The van der Waals surface area contributed by atoms with E-state index in [1.807, 2.05) is 16.8 Å². The summed E-state index contributed by atoms with van der Waals surface area (Å²) in [5, 5.41) is 12.1. The average molecular weight is 434 g/mol. The molecule has 0 N–H and O–H groups in total. The van der Waals surface area contributed by atoms with Gasteiger partial charge in [0.25, 0.3) is 0 Å². The van der Waals surface area contributed by atoms with Gasteiger partial charge < -0.3 is 13.9 Å². The fraction of sp³-hybridized carbons (Fsp3) is 0.368. The van der Waals surface area contributed by atoms with Gasteiger partial charge in [-0.15, -0.1) is 10.2 Å². The van der Waals surface area contributed by atoms with E-state index in [1.54, 1.807) is 12.1 Å². The third kappa shape index (κ3) is 3.41. The highest BCUT2D eigenvalue weighted by Gasteiger charge is 2.38. The summed E-state index contributed by atoms with van der Waals surface area (Å²) in [6, 6.07) is 6.13. The van der Waals surface area contributed by atoms with Crippen LogP contribution in [0.2, 0.25) is 0 Å². The van der Waals surface area contributed by atoms with E-state index in [4.69, 9.17) is 13.9 Å². The number of fused-ring (bicyclic) bond motifs is 1. The molecule has 152 valence electrons. The summed E-state index contributed by atoms with van der Waals surface area (Å²) in [4.78, 5) is 0.172. The summed E-state index contributed by atoms with van der Waals surface area (Å²) in [5.74, 6) is 1.74. The van der Waals surface area contributed by atoms with Crippen LogP contribution in [-0.4, -0.2) is 42.7 Å². The molecule has 1 fully saturated rings. The van der Waals surface area contributed by atoms with Crippen molar-refractivity contribution in [3.63, 3.8) is 0 Å². The standard InChI is InChI=1S/C19H19N3O5S2/c23-29(24,14-4-5-16-17(11-14)26-9-8-25-16)22-7-2-1-3-15(22)19-21-20-18(27-19)13-6-10-28-12-13/h4-6,10-12,15H,1-3,7-9H2. The average Bonchev–Trinajstić information content (AvgIpc) is 3.45. The SMILES string of the molecule is O=S(=O)(c1ccc2c(c1)OCCO2)N1CCCCC1c1nnc(-c2ccsc2)o1. The molecule has 29 heavy (non-hydrogen) atoms. The second-order valence-electron chi connectivity index (χ2n) is 6.89. The summed E-state index contributed by atoms with van der Waals surface area (Å²) in [5.41, 5.74) is 0.839. The van der Waals surface area contributed by atoms with Crippen LogP contribution in [0.15, 0.2) is 44.3 Å². The number of ether oxygens (including phenoxy) is 2. The van der Waals surface area contributed by atoms with Crippen LogP contribution in [-0.2, 0) is 10.0 Å². The Bertz CT molecular complexity index is 1110. The number of piperidine rings is 1. The van der Waals surface area contributed by atoms with Gasteiger partial charge in [-0.2, -0.15) is 15.6 Å². The lowest BCUT2D eigenvalue weighted by atomic mass is 10.1. The van der Waals surface area contributed by atoms with Gasteiger partial charge >= 0.3 is 0 Å². The van der Waals surface area contributed by atoms with Crippen LogP contribution in [0.1, 0.15) is 31.2 Å². The number of hydrogen-bond donors (Lipinski definition) is 0. The molecule has 4 heterocycles. The second-order valence-corrected chi connectivity index (χ2v) is 9.56. The summed E-state index contributed by atoms with van der Waals surface area (Å²) in [6.07, 6.45) is 2.31. The second kappa shape index (κ2) is 7.43. The van der Waals surface area contributed by atoms with Crippen molar-refractivity contribution in [1.82, 2.24) is 14.5 Å². The van der Waals surface area contributed by atoms with Crippen LogP contribution in [0.5, 0.6) is 11.5 Å². The summed E-state index contributed by atoms with van der Waals surface area (Å²) >= 11 is 1.54. The van der Waals surface area contributed by atoms with Crippen LogP contribution in [0.25, 0.3) is 11.5 Å². The number of thiophene rings is 1. The molecule has 10 heteroatoms. The number of aromatic nitrogens is 2. The van der Waals surface area contributed by atoms with Crippen LogP contribution < -0.4 is 9.47 Å². The molecule has 2 aliphatic rings. The van der Waals surface area contributed by atoms with E-state index in [0.29, 0.717) is 49.5 Å². The number of rotatable bonds is 4. The maximum absolute atomic E-state index is 13.4. The first kappa shape index (κ1) is 18.6. The van der Waals surface area contributed by atoms with Gasteiger partial charge in [-0.05, 0) is 36.4 Å². The molecule has 1 unspecified atom stereocenters. The van der Waals surface area contributed by atoms with E-state index in [9.17, 15) is 8.42 Å². The number of hydrogen-bond acceptors (Lipinski definition) is 8. The molecular weight excluding hydrogens is 414 g/mol. The Labute approximate surface area is 172 Å². The van der Waals surface area contributed by atoms with Crippen molar-refractivity contribution in [1.29, 1.82) is 0 Å². The lowest BCUT2D eigenvalue weighted by molar-refractivity contribution is 0.171. The van der Waals surface area contributed by atoms with Gasteiger partial charge in [0, 0.05) is 23.6 Å². The zero-order valence-electron chi connectivity index (χ0n) is 15.5. The number of sulfonamides is 1. The predicted molar refractivity (Wildman–Crippen MR) is 106 cm³/mol. The van der Waals surface area contributed by atoms with E-state index < -0.39 is 16.1 Å². The first-order valence-corrected chi connectivity index (χ1v) is 11.8. The predicted octanol–water partition coefficient (Wildman–Crippen LogP) is 3.49. The molecule has 2 aromatic heterocycles. The molecule has 0 spiro atoms. The molecule has 1 atom stereocenters. The van der Waals surface area contributed by atoms with Crippen molar-refractivity contribution in [3.8, 4) is 23.0 Å². The van der Waals surface area contributed by atoms with Crippen LogP contribution in [0, 0.1) is 0 Å². The molecule has 8 nitrogen and oxygen atoms in total. The molecule has 0 amide bonds. The Morgan fingerprint density at radius 2 is 1.93 bits per heavy atom. The van der Waals surface area contributed by atoms with Crippen LogP contribution >= 0.6 is 11.3 Å². The van der Waals surface area contributed by atoms with Crippen LogP contribution in [0.4, 0.5) is 0 Å². The van der Waals surface area contributed by atoms with Crippen molar-refractivity contribution < 1.29 is 22.3 Å². The molecule has 3 aromatic rings. The van der Waals surface area contributed by atoms with E-state index in [-0.39, 0.29) is 4.90 Å². The normalized spacial score (nSPS) is 19.9. The first-order valence-electron chi connectivity index (χ1n) is 9.40. The largest absolute Gasteiger partial charge is 0.486 e. The highest BCUT2D eigenvalue weighted by molar-refractivity contribution is 7.89. The topological polar surface area (TPSA) is 94.8 Å². The Balaban J connectivity index is 1.48. The number of nitrogens with zero attached hydrogens (tertiary/aromatic N) is 3. The third-order valence-electron chi connectivity index (χ3n) is 5.07. The highest BCUT2D eigenvalue weighted by atomic mass is 32.2. The molecular formula is C19H19N3O5S2. The smallest absolute Gasteiger partial charge is 0.248 e. The fourth-order valence-electron chi connectivity index (χ4n) is 3.63. The Morgan fingerprint density at radius 1 is 1.07 bits per heavy atom. The highest BCUT2D eigenvalue weighted by Crippen LogP contribution is 2.38. The maximum atomic E-state index is 13.4. The van der Waals surface area contributed by atoms with Crippen molar-refractivity contribution in [2.24, 2.45) is 0 Å². The molecule has 0 radical (unpaired) electrons. The van der Waals surface area contributed by atoms with E-state index in [2.05, 4.69) is 10.2 Å². The van der Waals surface area contributed by atoms with Gasteiger partial charge in [0.05, 0.1) is 4.90 Å². The quantitative estimate of drug-likeness (QED) is 0.622. The fourth-order valence-corrected chi connectivity index (χ4v) is 5.93. The molecule has 1 aromatic carbocycles. The van der Waals surface area contributed by atoms with Gasteiger partial charge in [0.15, 0.2) is 11.5 Å². The minimum atomic E-state index is -3.77. The van der Waals surface area contributed by atoms with Gasteiger partial charge in [0.1, 0.15) is 19.3 Å². The lowest BCUT2D eigenvalue weighted by Crippen LogP contribution is -2.38. The summed E-state index contributed by atoms with van der Waals surface area (Å²) in [7, 11) is -3.77. The zero-order valence-corrected chi connectivity index (χ0v) is 17.1. The number of benzene rings is 1. The van der Waals surface area contributed by atoms with E-state index in [0.717, 1.165) is 18.4 Å². The Kier molecular flexibility index (Phi) is 4.76. The lowest BCUT2D eigenvalue weighted by Gasteiger charge is -2.32. The maximum Gasteiger partial charge on any atom is 0.248 e. The third-order valence-corrected chi connectivity index (χ3v) is 7.66. The van der Waals surface area contributed by atoms with E-state index in [1.165, 1.54) is 21.7 Å². The molecule has 2 aliphatic heterocycles. The zero-order chi connectivity index (χ0) is 19.8. The molecule has 0 bridgehead atoms. The van der Waals surface area contributed by atoms with Crippen molar-refractivity contribution in [2.75, 3.05) is 19.8 Å². The van der Waals surface area contributed by atoms with Gasteiger partial charge in [-0.1, -0.05) is 6.42 Å². The Morgan fingerprint density at radius 3 is 2.76 bits per heavy atom. The van der Waals surface area contributed by atoms with E-state index >= 15 is 0 Å². The van der Waals surface area contributed by atoms with Gasteiger partial charge in [0.2, 0.25) is 21.8 Å². The first-order chi connectivity index (χ1) is 14.1. The van der Waals surface area contributed by atoms with Crippen LogP contribution in [0.3, 0.4) is 0 Å². The van der Waals surface area contributed by atoms with Crippen molar-refractivity contribution >= 4 is 21.4 Å². The summed E-state index contributed by atoms with van der Waals surface area (Å²) in [6.45, 7) is 1.25. The van der Waals surface area contributed by atoms with Gasteiger partial charge in [-0.3, -0.25) is 0 Å². The minimum Gasteiger partial charge on any atom is -0.486 e. The molecule has 0 aliphatic carbocycles. The van der Waals surface area contributed by atoms with Crippen molar-refractivity contribution in [3.05, 3.63) is 40.9 Å². The monoisotopic (exact) mass is 433 g/mol. The Hall–Kier alpha value is -2.43. The van der Waals surface area contributed by atoms with Gasteiger partial charge in [-0.25, -0.2) is 8.42 Å². The summed E-state index contributed by atoms with van der Waals surface area (Å²) < 4.78 is 45.2. The molecule has 5 rings (SSSR count). The molecule has 0 saturated carbocycles. The molecule has 1 saturated heterocycles. The minimum absolute atomic E-state index is 0.172. The van der Waals surface area contributed by atoms with Crippen molar-refractivity contribution in [2.45, 2.75) is 30.2 Å².